The summed E-state index contributed by atoms with van der Waals surface area (Å²) in [7, 11) is 0. The SMILES string of the molecule is CCOc1ccc(/C=C2\C=C(c3ccccc3)N(c3ccccc3C)C2=O)cc1Br. The number of hydrogen-bond donors (Lipinski definition) is 0. The number of rotatable bonds is 5. The van der Waals surface area contributed by atoms with Crippen LogP contribution in [0.3, 0.4) is 0 Å². The van der Waals surface area contributed by atoms with Gasteiger partial charge in [-0.25, -0.2) is 0 Å². The number of anilines is 1. The maximum Gasteiger partial charge on any atom is 0.262 e. The van der Waals surface area contributed by atoms with Gasteiger partial charge in [0.1, 0.15) is 5.75 Å². The van der Waals surface area contributed by atoms with Crippen molar-refractivity contribution >= 4 is 39.3 Å². The van der Waals surface area contributed by atoms with Gasteiger partial charge in [0.15, 0.2) is 0 Å². The molecule has 0 aliphatic carbocycles. The first-order valence-electron chi connectivity index (χ1n) is 9.89. The first-order chi connectivity index (χ1) is 14.6. The van der Waals surface area contributed by atoms with Crippen molar-refractivity contribution < 1.29 is 9.53 Å². The van der Waals surface area contributed by atoms with Crippen molar-refractivity contribution in [1.82, 2.24) is 0 Å². The molecule has 0 unspecified atom stereocenters. The van der Waals surface area contributed by atoms with Crippen LogP contribution < -0.4 is 9.64 Å². The van der Waals surface area contributed by atoms with Crippen LogP contribution >= 0.6 is 15.9 Å². The third kappa shape index (κ3) is 3.96. The van der Waals surface area contributed by atoms with E-state index in [1.807, 2.05) is 98.8 Å². The molecule has 3 aromatic rings. The largest absolute Gasteiger partial charge is 0.493 e. The third-order valence-corrected chi connectivity index (χ3v) is 5.61. The van der Waals surface area contributed by atoms with E-state index in [-0.39, 0.29) is 5.91 Å². The number of ether oxygens (including phenoxy) is 1. The summed E-state index contributed by atoms with van der Waals surface area (Å²) < 4.78 is 6.46. The zero-order valence-corrected chi connectivity index (χ0v) is 18.5. The minimum atomic E-state index is -0.0341. The normalized spacial score (nSPS) is 14.9. The van der Waals surface area contributed by atoms with E-state index < -0.39 is 0 Å². The van der Waals surface area contributed by atoms with Gasteiger partial charge in [-0.2, -0.15) is 0 Å². The molecule has 0 N–H and O–H groups in total. The lowest BCUT2D eigenvalue weighted by atomic mass is 10.1. The molecule has 0 radical (unpaired) electrons. The predicted molar refractivity (Wildman–Crippen MR) is 126 cm³/mol. The van der Waals surface area contributed by atoms with Gasteiger partial charge in [0.05, 0.1) is 22.5 Å². The highest BCUT2D eigenvalue weighted by atomic mass is 79.9. The number of nitrogens with zero attached hydrogens (tertiary/aromatic N) is 1. The number of aryl methyl sites for hydroxylation is 1. The second-order valence-corrected chi connectivity index (χ2v) is 7.90. The molecule has 3 aromatic carbocycles. The van der Waals surface area contributed by atoms with Crippen molar-refractivity contribution in [2.75, 3.05) is 11.5 Å². The van der Waals surface area contributed by atoms with Gasteiger partial charge in [-0.15, -0.1) is 0 Å². The van der Waals surface area contributed by atoms with Crippen molar-refractivity contribution in [3.63, 3.8) is 0 Å². The van der Waals surface area contributed by atoms with Crippen LogP contribution in [-0.2, 0) is 4.79 Å². The fourth-order valence-corrected chi connectivity index (χ4v) is 4.06. The number of hydrogen-bond acceptors (Lipinski definition) is 2. The van der Waals surface area contributed by atoms with Gasteiger partial charge < -0.3 is 4.74 Å². The van der Waals surface area contributed by atoms with Crippen molar-refractivity contribution in [2.45, 2.75) is 13.8 Å². The van der Waals surface area contributed by atoms with E-state index in [2.05, 4.69) is 15.9 Å². The van der Waals surface area contributed by atoms with E-state index in [1.165, 1.54) is 0 Å². The monoisotopic (exact) mass is 459 g/mol. The van der Waals surface area contributed by atoms with E-state index in [0.717, 1.165) is 38.3 Å². The average molecular weight is 460 g/mol. The molecule has 1 aliphatic rings. The molecule has 0 fully saturated rings. The van der Waals surface area contributed by atoms with Gasteiger partial charge in [0.25, 0.3) is 5.91 Å². The molecule has 0 saturated carbocycles. The Morgan fingerprint density at radius 2 is 1.73 bits per heavy atom. The predicted octanol–water partition coefficient (Wildman–Crippen LogP) is 6.63. The second kappa shape index (κ2) is 8.72. The molecule has 0 bridgehead atoms. The molecule has 150 valence electrons. The van der Waals surface area contributed by atoms with E-state index >= 15 is 0 Å². The lowest BCUT2D eigenvalue weighted by Gasteiger charge is -2.22. The van der Waals surface area contributed by atoms with Gasteiger partial charge in [-0.1, -0.05) is 54.6 Å². The molecule has 4 heteroatoms. The van der Waals surface area contributed by atoms with E-state index in [4.69, 9.17) is 4.74 Å². The van der Waals surface area contributed by atoms with Crippen molar-refractivity contribution in [3.8, 4) is 5.75 Å². The van der Waals surface area contributed by atoms with Gasteiger partial charge in [0, 0.05) is 5.57 Å². The zero-order valence-electron chi connectivity index (χ0n) is 16.9. The highest BCUT2D eigenvalue weighted by Crippen LogP contribution is 2.37. The highest BCUT2D eigenvalue weighted by molar-refractivity contribution is 9.10. The minimum absolute atomic E-state index is 0.0341. The van der Waals surface area contributed by atoms with Crippen LogP contribution in [0.2, 0.25) is 0 Å². The average Bonchev–Trinajstić information content (AvgIpc) is 3.07. The van der Waals surface area contributed by atoms with Crippen LogP contribution in [0.15, 0.2) is 88.9 Å². The Morgan fingerprint density at radius 1 is 1.00 bits per heavy atom. The maximum absolute atomic E-state index is 13.5. The number of carbonyl (C=O) groups excluding carboxylic acids is 1. The Kier molecular flexibility index (Phi) is 5.86. The summed E-state index contributed by atoms with van der Waals surface area (Å²) >= 11 is 3.55. The Bertz CT molecular complexity index is 1150. The van der Waals surface area contributed by atoms with Crippen molar-refractivity contribution in [3.05, 3.63) is 106 Å². The lowest BCUT2D eigenvalue weighted by molar-refractivity contribution is -0.113. The lowest BCUT2D eigenvalue weighted by Crippen LogP contribution is -2.25. The minimum Gasteiger partial charge on any atom is -0.493 e. The summed E-state index contributed by atoms with van der Waals surface area (Å²) in [5.41, 5.74) is 5.42. The van der Waals surface area contributed by atoms with Gasteiger partial charge in [-0.3, -0.25) is 9.69 Å². The standard InChI is InChI=1S/C26H22BrNO2/c1-3-30-25-14-13-19(16-22(25)27)15-21-17-24(20-10-5-4-6-11-20)28(26(21)29)23-12-8-7-9-18(23)2/h4-17H,3H2,1-2H3/b21-15+. The fourth-order valence-electron chi connectivity index (χ4n) is 3.55. The summed E-state index contributed by atoms with van der Waals surface area (Å²) in [4.78, 5) is 15.3. The summed E-state index contributed by atoms with van der Waals surface area (Å²) in [6.45, 7) is 4.58. The Morgan fingerprint density at radius 3 is 2.43 bits per heavy atom. The summed E-state index contributed by atoms with van der Waals surface area (Å²) in [5.74, 6) is 0.757. The number of para-hydroxylation sites is 1. The third-order valence-electron chi connectivity index (χ3n) is 4.99. The molecule has 0 saturated heterocycles. The number of carbonyl (C=O) groups is 1. The molecule has 3 nitrogen and oxygen atoms in total. The second-order valence-electron chi connectivity index (χ2n) is 7.05. The smallest absolute Gasteiger partial charge is 0.262 e. The molecular formula is C26H22BrNO2. The topological polar surface area (TPSA) is 29.5 Å². The Labute approximate surface area is 185 Å². The van der Waals surface area contributed by atoms with E-state index in [1.54, 1.807) is 4.90 Å². The van der Waals surface area contributed by atoms with Crippen molar-refractivity contribution in [2.24, 2.45) is 0 Å². The Balaban J connectivity index is 1.79. The van der Waals surface area contributed by atoms with Crippen LogP contribution in [0.1, 0.15) is 23.6 Å². The molecule has 1 aliphatic heterocycles. The molecular weight excluding hydrogens is 438 g/mol. The first-order valence-corrected chi connectivity index (χ1v) is 10.7. The fraction of sp³-hybridized carbons (Fsp3) is 0.115. The molecule has 1 heterocycles. The van der Waals surface area contributed by atoms with Crippen molar-refractivity contribution in [1.29, 1.82) is 0 Å². The highest BCUT2D eigenvalue weighted by Gasteiger charge is 2.31. The molecule has 0 aromatic heterocycles. The van der Waals surface area contributed by atoms with Crippen LogP contribution in [0, 0.1) is 6.92 Å². The quantitative estimate of drug-likeness (QED) is 0.400. The zero-order chi connectivity index (χ0) is 21.1. The van der Waals surface area contributed by atoms with Gasteiger partial charge >= 0.3 is 0 Å². The van der Waals surface area contributed by atoms with Gasteiger partial charge in [-0.05, 0) is 76.8 Å². The molecule has 30 heavy (non-hydrogen) atoms. The molecule has 0 atom stereocenters. The van der Waals surface area contributed by atoms with Crippen LogP contribution in [-0.4, -0.2) is 12.5 Å². The summed E-state index contributed by atoms with van der Waals surface area (Å²) in [6, 6.07) is 23.8. The molecule has 0 spiro atoms. The molecule has 4 rings (SSSR count). The van der Waals surface area contributed by atoms with E-state index in [0.29, 0.717) is 12.2 Å². The Hall–Kier alpha value is -3.11. The number of benzene rings is 3. The summed E-state index contributed by atoms with van der Waals surface area (Å²) in [6.07, 6.45) is 3.89. The maximum atomic E-state index is 13.5. The van der Waals surface area contributed by atoms with Crippen LogP contribution in [0.5, 0.6) is 5.75 Å². The van der Waals surface area contributed by atoms with Crippen LogP contribution in [0.4, 0.5) is 5.69 Å². The molecule has 1 amide bonds. The van der Waals surface area contributed by atoms with Gasteiger partial charge in [0.2, 0.25) is 0 Å². The first kappa shape index (κ1) is 20.2. The number of halogens is 1. The summed E-state index contributed by atoms with van der Waals surface area (Å²) in [5, 5.41) is 0. The number of amides is 1. The van der Waals surface area contributed by atoms with Crippen LogP contribution in [0.25, 0.3) is 11.8 Å². The van der Waals surface area contributed by atoms with E-state index in [9.17, 15) is 4.79 Å².